The van der Waals surface area contributed by atoms with Crippen LogP contribution in [0.4, 0.5) is 0 Å². The Labute approximate surface area is 128 Å². The molecule has 0 bridgehead atoms. The molecule has 0 heterocycles. The number of halogens is 1. The number of ether oxygens (including phenoxy) is 1. The molecule has 2 N–H and O–H groups in total. The van der Waals surface area contributed by atoms with Crippen molar-refractivity contribution in [2.24, 2.45) is 5.73 Å². The van der Waals surface area contributed by atoms with Gasteiger partial charge in [-0.1, -0.05) is 40.2 Å². The van der Waals surface area contributed by atoms with E-state index in [1.807, 2.05) is 24.3 Å². The molecule has 2 aromatic carbocycles. The lowest BCUT2D eigenvalue weighted by Crippen LogP contribution is -2.17. The summed E-state index contributed by atoms with van der Waals surface area (Å²) in [4.78, 5) is 0. The summed E-state index contributed by atoms with van der Waals surface area (Å²) in [6.07, 6.45) is 3.39. The molecular weight excluding hydrogens is 314 g/mol. The Morgan fingerprint density at radius 3 is 2.90 bits per heavy atom. The van der Waals surface area contributed by atoms with Crippen molar-refractivity contribution in [1.82, 2.24) is 0 Å². The molecule has 2 aromatic rings. The predicted octanol–water partition coefficient (Wildman–Crippen LogP) is 4.36. The minimum atomic E-state index is 0.158. The van der Waals surface area contributed by atoms with Gasteiger partial charge in [0, 0.05) is 16.1 Å². The van der Waals surface area contributed by atoms with E-state index in [4.69, 9.17) is 10.5 Å². The second-order valence-corrected chi connectivity index (χ2v) is 6.09. The zero-order chi connectivity index (χ0) is 13.9. The smallest absolute Gasteiger partial charge is 0.120 e. The maximum absolute atomic E-state index is 6.18. The van der Waals surface area contributed by atoms with Gasteiger partial charge in [0.2, 0.25) is 0 Å². The highest BCUT2D eigenvalue weighted by Gasteiger charge is 2.17. The van der Waals surface area contributed by atoms with Crippen molar-refractivity contribution in [2.45, 2.75) is 31.9 Å². The van der Waals surface area contributed by atoms with E-state index < -0.39 is 0 Å². The van der Waals surface area contributed by atoms with Crippen molar-refractivity contribution in [1.29, 1.82) is 0 Å². The van der Waals surface area contributed by atoms with Crippen molar-refractivity contribution in [2.75, 3.05) is 0 Å². The van der Waals surface area contributed by atoms with Crippen molar-refractivity contribution in [3.8, 4) is 5.75 Å². The first-order chi connectivity index (χ1) is 9.74. The lowest BCUT2D eigenvalue weighted by molar-refractivity contribution is 0.304. The third-order valence-corrected chi connectivity index (χ3v) is 4.60. The maximum Gasteiger partial charge on any atom is 0.120 e. The van der Waals surface area contributed by atoms with Gasteiger partial charge >= 0.3 is 0 Å². The van der Waals surface area contributed by atoms with E-state index in [9.17, 15) is 0 Å². The molecular formula is C17H18BrNO. The normalized spacial score (nSPS) is 17.6. The summed E-state index contributed by atoms with van der Waals surface area (Å²) in [5.41, 5.74) is 9.95. The molecule has 0 saturated carbocycles. The van der Waals surface area contributed by atoms with Gasteiger partial charge in [-0.25, -0.2) is 0 Å². The van der Waals surface area contributed by atoms with E-state index in [1.165, 1.54) is 17.5 Å². The van der Waals surface area contributed by atoms with Gasteiger partial charge < -0.3 is 10.5 Å². The van der Waals surface area contributed by atoms with Crippen LogP contribution in [0.25, 0.3) is 0 Å². The SMILES string of the molecule is NC1CCCc2ccc(OCc3ccccc3Br)cc21. The molecule has 20 heavy (non-hydrogen) atoms. The largest absolute Gasteiger partial charge is 0.489 e. The molecule has 0 amide bonds. The molecule has 0 aromatic heterocycles. The Hall–Kier alpha value is -1.32. The van der Waals surface area contributed by atoms with Crippen molar-refractivity contribution < 1.29 is 4.74 Å². The Morgan fingerprint density at radius 1 is 1.20 bits per heavy atom. The van der Waals surface area contributed by atoms with Gasteiger partial charge in [-0.15, -0.1) is 0 Å². The fourth-order valence-electron chi connectivity index (χ4n) is 2.68. The van der Waals surface area contributed by atoms with Crippen LogP contribution in [0.5, 0.6) is 5.75 Å². The second-order valence-electron chi connectivity index (χ2n) is 5.24. The van der Waals surface area contributed by atoms with Crippen molar-refractivity contribution >= 4 is 15.9 Å². The third-order valence-electron chi connectivity index (χ3n) is 3.83. The Morgan fingerprint density at radius 2 is 2.05 bits per heavy atom. The Bertz CT molecular complexity index is 612. The summed E-state index contributed by atoms with van der Waals surface area (Å²) >= 11 is 3.54. The van der Waals surface area contributed by atoms with E-state index in [1.54, 1.807) is 0 Å². The number of aryl methyl sites for hydroxylation is 1. The number of fused-ring (bicyclic) bond motifs is 1. The van der Waals surface area contributed by atoms with E-state index >= 15 is 0 Å². The minimum Gasteiger partial charge on any atom is -0.489 e. The first-order valence-electron chi connectivity index (χ1n) is 6.98. The molecule has 0 radical (unpaired) electrons. The molecule has 0 fully saturated rings. The molecule has 3 heteroatoms. The lowest BCUT2D eigenvalue weighted by Gasteiger charge is -2.22. The highest BCUT2D eigenvalue weighted by atomic mass is 79.9. The van der Waals surface area contributed by atoms with Crippen LogP contribution in [0.15, 0.2) is 46.9 Å². The molecule has 0 aliphatic heterocycles. The number of benzene rings is 2. The van der Waals surface area contributed by atoms with Crippen molar-refractivity contribution in [3.05, 3.63) is 63.6 Å². The summed E-state index contributed by atoms with van der Waals surface area (Å²) in [6.45, 7) is 0.565. The predicted molar refractivity (Wildman–Crippen MR) is 84.8 cm³/mol. The van der Waals surface area contributed by atoms with Crippen LogP contribution >= 0.6 is 15.9 Å². The van der Waals surface area contributed by atoms with Gasteiger partial charge in [0.25, 0.3) is 0 Å². The number of hydrogen-bond acceptors (Lipinski definition) is 2. The first-order valence-corrected chi connectivity index (χ1v) is 7.78. The molecule has 3 rings (SSSR count). The first kappa shape index (κ1) is 13.7. The summed E-state index contributed by atoms with van der Waals surface area (Å²) in [7, 11) is 0. The molecule has 0 spiro atoms. The molecule has 1 aliphatic carbocycles. The monoisotopic (exact) mass is 331 g/mol. The third kappa shape index (κ3) is 2.89. The van der Waals surface area contributed by atoms with Crippen LogP contribution in [-0.4, -0.2) is 0 Å². The van der Waals surface area contributed by atoms with E-state index in [0.29, 0.717) is 6.61 Å². The van der Waals surface area contributed by atoms with E-state index in [2.05, 4.69) is 34.1 Å². The zero-order valence-corrected chi connectivity index (χ0v) is 12.9. The van der Waals surface area contributed by atoms with Gasteiger partial charge in [0.1, 0.15) is 12.4 Å². The van der Waals surface area contributed by atoms with Crippen LogP contribution in [-0.2, 0) is 13.0 Å². The number of nitrogens with two attached hydrogens (primary N) is 1. The van der Waals surface area contributed by atoms with Crippen LogP contribution in [0.2, 0.25) is 0 Å². The molecule has 2 nitrogen and oxygen atoms in total. The number of hydrogen-bond donors (Lipinski definition) is 1. The summed E-state index contributed by atoms with van der Waals surface area (Å²) in [6, 6.07) is 14.6. The summed E-state index contributed by atoms with van der Waals surface area (Å²) < 4.78 is 6.98. The standard InChI is InChI=1S/C17H18BrNO/c18-16-6-2-1-4-13(16)11-20-14-9-8-12-5-3-7-17(19)15(12)10-14/h1-2,4,6,8-10,17H,3,5,7,11,19H2. The molecule has 1 atom stereocenters. The average Bonchev–Trinajstić information content (AvgIpc) is 2.47. The highest BCUT2D eigenvalue weighted by Crippen LogP contribution is 2.31. The average molecular weight is 332 g/mol. The molecule has 1 unspecified atom stereocenters. The van der Waals surface area contributed by atoms with Crippen molar-refractivity contribution in [3.63, 3.8) is 0 Å². The molecule has 1 aliphatic rings. The minimum absolute atomic E-state index is 0.158. The van der Waals surface area contributed by atoms with Crippen LogP contribution in [0.1, 0.15) is 35.6 Å². The maximum atomic E-state index is 6.18. The molecule has 104 valence electrons. The summed E-state index contributed by atoms with van der Waals surface area (Å²) in [5, 5.41) is 0. The van der Waals surface area contributed by atoms with E-state index in [-0.39, 0.29) is 6.04 Å². The summed E-state index contributed by atoms with van der Waals surface area (Å²) in [5.74, 6) is 0.900. The zero-order valence-electron chi connectivity index (χ0n) is 11.3. The Kier molecular flexibility index (Phi) is 4.08. The highest BCUT2D eigenvalue weighted by molar-refractivity contribution is 9.10. The van der Waals surface area contributed by atoms with Gasteiger partial charge in [0.05, 0.1) is 0 Å². The van der Waals surface area contributed by atoms with Crippen LogP contribution < -0.4 is 10.5 Å². The van der Waals surface area contributed by atoms with Gasteiger partial charge in [-0.05, 0) is 48.6 Å². The van der Waals surface area contributed by atoms with Gasteiger partial charge in [0.15, 0.2) is 0 Å². The van der Waals surface area contributed by atoms with E-state index in [0.717, 1.165) is 28.6 Å². The Balaban J connectivity index is 1.75. The number of rotatable bonds is 3. The topological polar surface area (TPSA) is 35.2 Å². The second kappa shape index (κ2) is 5.98. The quantitative estimate of drug-likeness (QED) is 0.906. The van der Waals surface area contributed by atoms with Crippen LogP contribution in [0.3, 0.4) is 0 Å². The fraction of sp³-hybridized carbons (Fsp3) is 0.294. The van der Waals surface area contributed by atoms with Crippen LogP contribution in [0, 0.1) is 0 Å². The fourth-order valence-corrected chi connectivity index (χ4v) is 3.08. The van der Waals surface area contributed by atoms with Gasteiger partial charge in [-0.2, -0.15) is 0 Å². The molecule has 0 saturated heterocycles. The lowest BCUT2D eigenvalue weighted by atomic mass is 9.88. The van der Waals surface area contributed by atoms with Gasteiger partial charge in [-0.3, -0.25) is 0 Å².